The van der Waals surface area contributed by atoms with Gasteiger partial charge in [0.1, 0.15) is 11.8 Å². The first-order valence-corrected chi connectivity index (χ1v) is 11.7. The molecule has 188 valence electrons. The van der Waals surface area contributed by atoms with E-state index in [0.29, 0.717) is 18.6 Å². The summed E-state index contributed by atoms with van der Waals surface area (Å²) < 4.78 is 10.9. The van der Waals surface area contributed by atoms with Crippen LogP contribution < -0.4 is 15.4 Å². The van der Waals surface area contributed by atoms with Crippen LogP contribution in [-0.2, 0) is 32.0 Å². The molecule has 3 aromatic rings. The molecular formula is C28H30N2O6. The number of nitrogens with one attached hydrogen (secondary N) is 2. The zero-order valence-electron chi connectivity index (χ0n) is 19.8. The lowest BCUT2D eigenvalue weighted by atomic mass is 10.0. The zero-order chi connectivity index (χ0) is 25.6. The molecule has 0 radical (unpaired) electrons. The van der Waals surface area contributed by atoms with E-state index in [1.54, 1.807) is 12.1 Å². The standard InChI is InChI=1S/C28H30N2O6/c31-26(32)16-17-29-27(33)24(18-21-10-4-1-5-11-21)30-25(19-22-12-6-2-7-13-22)28(34)36-20-35-23-14-8-3-9-15-23/h1-15,24-25,30H,16-20H2,(H,29,33)(H,31,32)/t24-,25?/m0/s1. The van der Waals surface area contributed by atoms with Crippen LogP contribution in [0.3, 0.4) is 0 Å². The summed E-state index contributed by atoms with van der Waals surface area (Å²) in [4.78, 5) is 36.9. The first-order valence-electron chi connectivity index (χ1n) is 11.7. The first kappa shape index (κ1) is 26.4. The third-order valence-electron chi connectivity index (χ3n) is 5.38. The molecule has 3 N–H and O–H groups in total. The Kier molecular flexibility index (Phi) is 10.5. The Morgan fingerprint density at radius 2 is 1.28 bits per heavy atom. The lowest BCUT2D eigenvalue weighted by molar-refractivity contribution is -0.153. The maximum atomic E-state index is 13.1. The molecule has 0 aliphatic heterocycles. The Hall–Kier alpha value is -4.17. The van der Waals surface area contributed by atoms with Crippen LogP contribution in [0.1, 0.15) is 17.5 Å². The van der Waals surface area contributed by atoms with Crippen molar-refractivity contribution in [3.8, 4) is 5.75 Å². The van der Waals surface area contributed by atoms with Crippen LogP contribution in [-0.4, -0.2) is 48.4 Å². The predicted octanol–water partition coefficient (Wildman–Crippen LogP) is 2.97. The van der Waals surface area contributed by atoms with Crippen molar-refractivity contribution in [2.75, 3.05) is 13.3 Å². The second-order valence-electron chi connectivity index (χ2n) is 8.12. The highest BCUT2D eigenvalue weighted by Crippen LogP contribution is 2.11. The number of amides is 1. The summed E-state index contributed by atoms with van der Waals surface area (Å²) in [7, 11) is 0. The van der Waals surface area contributed by atoms with Gasteiger partial charge in [-0.25, -0.2) is 0 Å². The van der Waals surface area contributed by atoms with Crippen LogP contribution in [0.2, 0.25) is 0 Å². The van der Waals surface area contributed by atoms with E-state index in [-0.39, 0.29) is 19.8 Å². The first-order chi connectivity index (χ1) is 17.5. The summed E-state index contributed by atoms with van der Waals surface area (Å²) in [5.74, 6) is -1.40. The summed E-state index contributed by atoms with van der Waals surface area (Å²) in [6.07, 6.45) is 0.396. The smallest absolute Gasteiger partial charge is 0.326 e. The topological polar surface area (TPSA) is 114 Å². The van der Waals surface area contributed by atoms with E-state index in [2.05, 4.69) is 10.6 Å². The zero-order valence-corrected chi connectivity index (χ0v) is 19.8. The van der Waals surface area contributed by atoms with Crippen molar-refractivity contribution in [2.24, 2.45) is 0 Å². The Balaban J connectivity index is 1.73. The van der Waals surface area contributed by atoms with Gasteiger partial charge >= 0.3 is 11.9 Å². The summed E-state index contributed by atoms with van der Waals surface area (Å²) in [6.45, 7) is -0.288. The van der Waals surface area contributed by atoms with E-state index >= 15 is 0 Å². The molecule has 3 rings (SSSR count). The number of rotatable bonds is 14. The van der Waals surface area contributed by atoms with E-state index < -0.39 is 29.9 Å². The van der Waals surface area contributed by atoms with Crippen LogP contribution >= 0.6 is 0 Å². The fourth-order valence-electron chi connectivity index (χ4n) is 3.57. The fourth-order valence-corrected chi connectivity index (χ4v) is 3.57. The van der Waals surface area contributed by atoms with Crippen LogP contribution in [0.25, 0.3) is 0 Å². The van der Waals surface area contributed by atoms with Gasteiger partial charge in [-0.1, -0.05) is 78.9 Å². The van der Waals surface area contributed by atoms with Gasteiger partial charge < -0.3 is 19.9 Å². The van der Waals surface area contributed by atoms with E-state index in [1.165, 1.54) is 0 Å². The number of carbonyl (C=O) groups excluding carboxylic acids is 2. The van der Waals surface area contributed by atoms with E-state index in [1.807, 2.05) is 78.9 Å². The van der Waals surface area contributed by atoms with Crippen molar-refractivity contribution in [3.63, 3.8) is 0 Å². The Morgan fingerprint density at radius 1 is 0.750 bits per heavy atom. The van der Waals surface area contributed by atoms with Gasteiger partial charge in [-0.05, 0) is 36.1 Å². The van der Waals surface area contributed by atoms with Crippen LogP contribution in [0.4, 0.5) is 0 Å². The minimum Gasteiger partial charge on any atom is -0.481 e. The van der Waals surface area contributed by atoms with Crippen molar-refractivity contribution < 1.29 is 29.0 Å². The van der Waals surface area contributed by atoms with Gasteiger partial charge in [-0.3, -0.25) is 19.7 Å². The predicted molar refractivity (Wildman–Crippen MR) is 134 cm³/mol. The molecule has 0 aliphatic rings. The average Bonchev–Trinajstić information content (AvgIpc) is 2.89. The number of hydrogen-bond donors (Lipinski definition) is 3. The molecule has 0 saturated heterocycles. The number of benzene rings is 3. The quantitative estimate of drug-likeness (QED) is 0.235. The normalized spacial score (nSPS) is 12.2. The number of carboxylic acid groups (broad SMARTS) is 1. The lowest BCUT2D eigenvalue weighted by Gasteiger charge is -2.24. The average molecular weight is 491 g/mol. The van der Waals surface area contributed by atoms with Crippen LogP contribution in [0.5, 0.6) is 5.75 Å². The van der Waals surface area contributed by atoms with Crippen molar-refractivity contribution in [1.82, 2.24) is 10.6 Å². The number of esters is 1. The molecule has 1 amide bonds. The summed E-state index contributed by atoms with van der Waals surface area (Å²) in [5, 5.41) is 14.7. The van der Waals surface area contributed by atoms with Gasteiger partial charge in [0.25, 0.3) is 0 Å². The van der Waals surface area contributed by atoms with Gasteiger partial charge in [-0.2, -0.15) is 0 Å². The lowest BCUT2D eigenvalue weighted by Crippen LogP contribution is -2.53. The molecule has 0 saturated carbocycles. The van der Waals surface area contributed by atoms with Gasteiger partial charge in [0, 0.05) is 6.54 Å². The third-order valence-corrected chi connectivity index (χ3v) is 5.38. The van der Waals surface area contributed by atoms with Crippen molar-refractivity contribution in [2.45, 2.75) is 31.3 Å². The number of aliphatic carboxylic acids is 1. The Morgan fingerprint density at radius 3 is 1.83 bits per heavy atom. The molecule has 0 bridgehead atoms. The third kappa shape index (κ3) is 9.23. The summed E-state index contributed by atoms with van der Waals surface area (Å²) in [5.41, 5.74) is 1.78. The Bertz CT molecular complexity index is 1090. The molecule has 3 aromatic carbocycles. The SMILES string of the molecule is O=C(O)CCNC(=O)[C@H](Cc1ccccc1)NC(Cc1ccccc1)C(=O)OCOc1ccccc1. The highest BCUT2D eigenvalue weighted by Gasteiger charge is 2.28. The van der Waals surface area contributed by atoms with Crippen molar-refractivity contribution in [1.29, 1.82) is 0 Å². The van der Waals surface area contributed by atoms with Gasteiger partial charge in [0.2, 0.25) is 12.7 Å². The molecule has 1 unspecified atom stereocenters. The molecule has 36 heavy (non-hydrogen) atoms. The summed E-state index contributed by atoms with van der Waals surface area (Å²) in [6, 6.07) is 26.1. The van der Waals surface area contributed by atoms with Crippen molar-refractivity contribution in [3.05, 3.63) is 102 Å². The minimum absolute atomic E-state index is 0.0140. The molecule has 0 aliphatic carbocycles. The van der Waals surface area contributed by atoms with Gasteiger partial charge in [0.05, 0.1) is 12.5 Å². The number of carbonyl (C=O) groups is 3. The molecular weight excluding hydrogens is 460 g/mol. The molecule has 0 aromatic heterocycles. The number of ether oxygens (including phenoxy) is 2. The second-order valence-corrected chi connectivity index (χ2v) is 8.12. The monoisotopic (exact) mass is 490 g/mol. The van der Waals surface area contributed by atoms with Gasteiger partial charge in [0.15, 0.2) is 0 Å². The maximum absolute atomic E-state index is 13.1. The largest absolute Gasteiger partial charge is 0.481 e. The van der Waals surface area contributed by atoms with Crippen LogP contribution in [0, 0.1) is 0 Å². The number of hydrogen-bond acceptors (Lipinski definition) is 6. The van der Waals surface area contributed by atoms with Crippen molar-refractivity contribution >= 4 is 17.8 Å². The molecule has 0 spiro atoms. The Labute approximate surface area is 210 Å². The van der Waals surface area contributed by atoms with Crippen LogP contribution in [0.15, 0.2) is 91.0 Å². The number of carboxylic acids is 1. The minimum atomic E-state index is -1.01. The summed E-state index contributed by atoms with van der Waals surface area (Å²) >= 11 is 0. The fraction of sp³-hybridized carbons (Fsp3) is 0.250. The highest BCUT2D eigenvalue weighted by molar-refractivity contribution is 5.84. The second kappa shape index (κ2) is 14.3. The molecule has 2 atom stereocenters. The molecule has 8 nitrogen and oxygen atoms in total. The molecule has 8 heteroatoms. The van der Waals surface area contributed by atoms with Gasteiger partial charge in [-0.15, -0.1) is 0 Å². The van der Waals surface area contributed by atoms with E-state index in [9.17, 15) is 14.4 Å². The maximum Gasteiger partial charge on any atom is 0.326 e. The molecule has 0 fully saturated rings. The number of para-hydroxylation sites is 1. The van der Waals surface area contributed by atoms with E-state index in [0.717, 1.165) is 11.1 Å². The molecule has 0 heterocycles. The van der Waals surface area contributed by atoms with E-state index in [4.69, 9.17) is 14.6 Å². The highest BCUT2D eigenvalue weighted by atomic mass is 16.7.